The normalized spacial score (nSPS) is 22.7. The van der Waals surface area contributed by atoms with Crippen LogP contribution in [-0.4, -0.2) is 10.1 Å². The molecule has 0 aromatic carbocycles. The number of aryl methyl sites for hydroxylation is 1. The van der Waals surface area contributed by atoms with Crippen molar-refractivity contribution in [1.82, 2.24) is 4.98 Å². The van der Waals surface area contributed by atoms with E-state index >= 15 is 0 Å². The largest absolute Gasteiger partial charge is 0.388 e. The van der Waals surface area contributed by atoms with Gasteiger partial charge in [0, 0.05) is 18.0 Å². The maximum atomic E-state index is 10.3. The van der Waals surface area contributed by atoms with Crippen molar-refractivity contribution in [3.05, 3.63) is 41.7 Å². The lowest BCUT2D eigenvalue weighted by atomic mass is 9.85. The van der Waals surface area contributed by atoms with Gasteiger partial charge in [-0.2, -0.15) is 0 Å². The second kappa shape index (κ2) is 4.58. The van der Waals surface area contributed by atoms with E-state index in [0.29, 0.717) is 5.92 Å². The van der Waals surface area contributed by atoms with Crippen LogP contribution in [0.2, 0.25) is 0 Å². The van der Waals surface area contributed by atoms with Crippen molar-refractivity contribution >= 4 is 0 Å². The molecule has 0 saturated heterocycles. The highest BCUT2D eigenvalue weighted by molar-refractivity contribution is 5.24. The van der Waals surface area contributed by atoms with Crippen LogP contribution < -0.4 is 0 Å². The van der Waals surface area contributed by atoms with Crippen LogP contribution in [0.5, 0.6) is 0 Å². The highest BCUT2D eigenvalue weighted by Gasteiger charge is 2.22. The third-order valence-electron chi connectivity index (χ3n) is 3.15. The van der Waals surface area contributed by atoms with E-state index in [9.17, 15) is 5.11 Å². The Balaban J connectivity index is 2.16. The molecule has 0 spiro atoms. The molecule has 1 aliphatic carbocycles. The fraction of sp³-hybridized carbons (Fsp3) is 0.462. The van der Waals surface area contributed by atoms with Crippen molar-refractivity contribution < 1.29 is 5.11 Å². The summed E-state index contributed by atoms with van der Waals surface area (Å²) in [6.45, 7) is 2.03. The third kappa shape index (κ3) is 2.26. The molecule has 0 saturated carbocycles. The second-order valence-corrected chi connectivity index (χ2v) is 4.22. The number of aromatic nitrogens is 1. The lowest BCUT2D eigenvalue weighted by molar-refractivity contribution is 0.102. The summed E-state index contributed by atoms with van der Waals surface area (Å²) in [6, 6.07) is 1.96. The van der Waals surface area contributed by atoms with Gasteiger partial charge in [-0.1, -0.05) is 12.2 Å². The lowest BCUT2D eigenvalue weighted by Gasteiger charge is -2.24. The van der Waals surface area contributed by atoms with Gasteiger partial charge in [0.25, 0.3) is 0 Å². The summed E-state index contributed by atoms with van der Waals surface area (Å²) in [7, 11) is 0. The summed E-state index contributed by atoms with van der Waals surface area (Å²) in [5.74, 6) is 0.359. The Morgan fingerprint density at radius 2 is 2.33 bits per heavy atom. The zero-order valence-corrected chi connectivity index (χ0v) is 9.06. The minimum absolute atomic E-state index is 0.358. The number of hydrogen-bond acceptors (Lipinski definition) is 2. The van der Waals surface area contributed by atoms with Crippen LogP contribution in [0.1, 0.15) is 36.5 Å². The molecular formula is C13H17NO. The molecule has 0 radical (unpaired) electrons. The molecule has 1 aromatic rings. The van der Waals surface area contributed by atoms with Gasteiger partial charge < -0.3 is 5.11 Å². The molecule has 2 heteroatoms. The average Bonchev–Trinajstić information content (AvgIpc) is 2.30. The van der Waals surface area contributed by atoms with Crippen LogP contribution in [-0.2, 0) is 0 Å². The van der Waals surface area contributed by atoms with Gasteiger partial charge in [0.15, 0.2) is 0 Å². The first-order valence-corrected chi connectivity index (χ1v) is 5.52. The topological polar surface area (TPSA) is 33.1 Å². The fourth-order valence-electron chi connectivity index (χ4n) is 2.14. The van der Waals surface area contributed by atoms with E-state index in [2.05, 4.69) is 17.1 Å². The van der Waals surface area contributed by atoms with E-state index in [1.807, 2.05) is 13.0 Å². The number of allylic oxidation sites excluding steroid dienone is 2. The van der Waals surface area contributed by atoms with Crippen LogP contribution in [0.25, 0.3) is 0 Å². The van der Waals surface area contributed by atoms with Gasteiger partial charge in [-0.3, -0.25) is 4.98 Å². The number of aliphatic hydroxyl groups is 1. The van der Waals surface area contributed by atoms with Crippen molar-refractivity contribution in [2.24, 2.45) is 5.92 Å². The number of rotatable bonds is 2. The molecule has 1 aromatic heterocycles. The summed E-state index contributed by atoms with van der Waals surface area (Å²) >= 11 is 0. The molecule has 80 valence electrons. The van der Waals surface area contributed by atoms with Gasteiger partial charge in [-0.15, -0.1) is 0 Å². The Kier molecular flexibility index (Phi) is 3.17. The Bertz CT molecular complexity index is 359. The molecule has 1 aliphatic rings. The first-order chi connectivity index (χ1) is 7.29. The molecule has 1 heterocycles. The number of hydrogen-bond donors (Lipinski definition) is 1. The predicted octanol–water partition coefficient (Wildman–Crippen LogP) is 2.78. The number of aliphatic hydroxyl groups excluding tert-OH is 1. The van der Waals surface area contributed by atoms with Crippen LogP contribution in [0, 0.1) is 12.8 Å². The molecule has 2 unspecified atom stereocenters. The fourth-order valence-corrected chi connectivity index (χ4v) is 2.14. The summed E-state index contributed by atoms with van der Waals surface area (Å²) < 4.78 is 0. The third-order valence-corrected chi connectivity index (χ3v) is 3.15. The minimum atomic E-state index is -0.358. The minimum Gasteiger partial charge on any atom is -0.388 e. The molecule has 15 heavy (non-hydrogen) atoms. The molecule has 2 atom stereocenters. The Hall–Kier alpha value is -1.15. The molecule has 0 bridgehead atoms. The van der Waals surface area contributed by atoms with Crippen molar-refractivity contribution in [2.45, 2.75) is 32.3 Å². The summed E-state index contributed by atoms with van der Waals surface area (Å²) in [6.07, 6.45) is 10.7. The Morgan fingerprint density at radius 3 is 3.00 bits per heavy atom. The lowest BCUT2D eigenvalue weighted by Crippen LogP contribution is -2.15. The quantitative estimate of drug-likeness (QED) is 0.750. The van der Waals surface area contributed by atoms with Crippen molar-refractivity contribution in [3.8, 4) is 0 Å². The molecule has 2 nitrogen and oxygen atoms in total. The smallest absolute Gasteiger partial charge is 0.0838 e. The van der Waals surface area contributed by atoms with Crippen molar-refractivity contribution in [3.63, 3.8) is 0 Å². The van der Waals surface area contributed by atoms with Crippen LogP contribution in [0.15, 0.2) is 30.6 Å². The maximum absolute atomic E-state index is 10.3. The Labute approximate surface area is 90.7 Å². The van der Waals surface area contributed by atoms with E-state index in [1.54, 1.807) is 12.4 Å². The average molecular weight is 203 g/mol. The first-order valence-electron chi connectivity index (χ1n) is 5.52. The van der Waals surface area contributed by atoms with Gasteiger partial charge in [0.05, 0.1) is 6.10 Å². The zero-order chi connectivity index (χ0) is 10.7. The van der Waals surface area contributed by atoms with E-state index < -0.39 is 0 Å². The molecule has 2 rings (SSSR count). The molecular weight excluding hydrogens is 186 g/mol. The number of nitrogens with zero attached hydrogens (tertiary/aromatic N) is 1. The standard InChI is InChI=1S/C13H17NO/c1-10-7-8-14-9-12(10)13(15)11-5-3-2-4-6-11/h2-3,7-9,11,13,15H,4-6H2,1H3. The van der Waals surface area contributed by atoms with E-state index in [4.69, 9.17) is 0 Å². The van der Waals surface area contributed by atoms with Gasteiger partial charge in [-0.25, -0.2) is 0 Å². The van der Waals surface area contributed by atoms with Gasteiger partial charge in [0.2, 0.25) is 0 Å². The molecule has 0 fully saturated rings. The van der Waals surface area contributed by atoms with Gasteiger partial charge >= 0.3 is 0 Å². The monoisotopic (exact) mass is 203 g/mol. The highest BCUT2D eigenvalue weighted by atomic mass is 16.3. The summed E-state index contributed by atoms with van der Waals surface area (Å²) in [5, 5.41) is 10.3. The van der Waals surface area contributed by atoms with Crippen LogP contribution in [0.4, 0.5) is 0 Å². The van der Waals surface area contributed by atoms with E-state index in [0.717, 1.165) is 30.4 Å². The Morgan fingerprint density at radius 1 is 1.47 bits per heavy atom. The zero-order valence-electron chi connectivity index (χ0n) is 9.06. The first kappa shape index (κ1) is 10.4. The maximum Gasteiger partial charge on any atom is 0.0838 e. The highest BCUT2D eigenvalue weighted by Crippen LogP contribution is 2.32. The van der Waals surface area contributed by atoms with Crippen molar-refractivity contribution in [2.75, 3.05) is 0 Å². The second-order valence-electron chi connectivity index (χ2n) is 4.22. The van der Waals surface area contributed by atoms with Gasteiger partial charge in [0.1, 0.15) is 0 Å². The SMILES string of the molecule is Cc1ccncc1C(O)C1CC=CCC1. The summed E-state index contributed by atoms with van der Waals surface area (Å²) in [4.78, 5) is 4.08. The van der Waals surface area contributed by atoms with Crippen LogP contribution in [0.3, 0.4) is 0 Å². The summed E-state index contributed by atoms with van der Waals surface area (Å²) in [5.41, 5.74) is 2.12. The molecule has 1 N–H and O–H groups in total. The van der Waals surface area contributed by atoms with Gasteiger partial charge in [-0.05, 0) is 43.7 Å². The molecule has 0 aliphatic heterocycles. The van der Waals surface area contributed by atoms with E-state index in [-0.39, 0.29) is 6.10 Å². The van der Waals surface area contributed by atoms with E-state index in [1.165, 1.54) is 0 Å². The van der Waals surface area contributed by atoms with Crippen LogP contribution >= 0.6 is 0 Å². The number of pyridine rings is 1. The predicted molar refractivity (Wildman–Crippen MR) is 60.4 cm³/mol. The molecule has 0 amide bonds. The van der Waals surface area contributed by atoms with Crippen molar-refractivity contribution in [1.29, 1.82) is 0 Å².